The molecule has 4 nitrogen and oxygen atoms in total. The van der Waals surface area contributed by atoms with Crippen LogP contribution in [0.5, 0.6) is 0 Å². The van der Waals surface area contributed by atoms with Crippen molar-refractivity contribution in [1.82, 2.24) is 0 Å². The van der Waals surface area contributed by atoms with Crippen molar-refractivity contribution < 1.29 is 18.3 Å². The number of aromatic nitrogens is 4. The molecule has 8 aromatic rings. The Balaban J connectivity index is 0.000000198. The molecule has 0 spiro atoms. The number of hydrogen-bond donors (Lipinski definition) is 0. The van der Waals surface area contributed by atoms with E-state index in [0.717, 1.165) is 6.42 Å². The molecule has 4 heterocycles. The summed E-state index contributed by atoms with van der Waals surface area (Å²) in [6.45, 7) is 20.2. The van der Waals surface area contributed by atoms with Crippen molar-refractivity contribution in [3.8, 4) is 45.0 Å². The van der Waals surface area contributed by atoms with Gasteiger partial charge in [-0.15, -0.1) is 0 Å². The number of aryl methyl sites for hydroxylation is 11. The summed E-state index contributed by atoms with van der Waals surface area (Å²) >= 11 is -7.26. The van der Waals surface area contributed by atoms with Crippen molar-refractivity contribution >= 4 is 70.6 Å². The third-order valence-corrected chi connectivity index (χ3v) is 33.4. The Bertz CT molecular complexity index is 3430. The fourth-order valence-electron chi connectivity index (χ4n) is 11.3. The number of benzene rings is 4. The van der Waals surface area contributed by atoms with Crippen LogP contribution in [0.3, 0.4) is 0 Å². The molecule has 0 aliphatic rings. The van der Waals surface area contributed by atoms with E-state index in [1.807, 2.05) is 0 Å². The van der Waals surface area contributed by atoms with Gasteiger partial charge in [-0.05, 0) is 0 Å². The van der Waals surface area contributed by atoms with E-state index in [0.29, 0.717) is 5.92 Å². The van der Waals surface area contributed by atoms with Gasteiger partial charge >= 0.3 is 509 Å². The Labute approximate surface area is 505 Å². The molecule has 0 amide bonds. The van der Waals surface area contributed by atoms with E-state index in [2.05, 4.69) is 324 Å². The second kappa shape index (κ2) is 28.5. The summed E-state index contributed by atoms with van der Waals surface area (Å²) in [5, 5.41) is 0. The normalized spacial score (nSPS) is 11.8. The van der Waals surface area contributed by atoms with E-state index in [9.17, 15) is 0 Å². The van der Waals surface area contributed by atoms with Crippen molar-refractivity contribution in [2.45, 2.75) is 157 Å². The van der Waals surface area contributed by atoms with Gasteiger partial charge in [0.05, 0.1) is 0 Å². The molecule has 4 aromatic heterocycles. The zero-order chi connectivity index (χ0) is 60.5. The zero-order valence-electron chi connectivity index (χ0n) is 55.3. The van der Waals surface area contributed by atoms with Crippen LogP contribution in [0.15, 0.2) is 146 Å². The standard InChI is InChI=1S/2C19H28GeN.C18H26GeN.C17H24GeN/c1-14(2)17-12-19(16-11-9-8-10-15(16)3)21(7)13-18(17)20(4,5)6;1-7-10-16-13-19(17-12-9-8-11-15(17)2)21(6)14-18(16)20(3,4)5;1-7-15-12-18(16-11-9-8-10-14(16)2)20(6)13-17(15)19(3,4)5;1-13-9-7-8-10-15(13)17-11-14(2)16(12-19(17)6)18(3,4)5/h8-14H,1-7H3;8-9,11-14H,7,10H2,1-6H3;8-13H,7H2,1-6H3;7-12H,1-6H3/q4*+1. The van der Waals surface area contributed by atoms with Crippen molar-refractivity contribution in [2.75, 3.05) is 0 Å². The number of hydrogen-bond acceptors (Lipinski definition) is 0. The Kier molecular flexibility index (Phi) is 23.7. The van der Waals surface area contributed by atoms with Gasteiger partial charge in [-0.2, -0.15) is 0 Å². The van der Waals surface area contributed by atoms with Gasteiger partial charge < -0.3 is 0 Å². The Hall–Kier alpha value is -4.35. The van der Waals surface area contributed by atoms with Gasteiger partial charge in [-0.3, -0.25) is 0 Å². The molecular formula is C73H106Ge4N4+4. The van der Waals surface area contributed by atoms with Gasteiger partial charge in [0.1, 0.15) is 0 Å². The third-order valence-electron chi connectivity index (χ3n) is 15.9. The van der Waals surface area contributed by atoms with Crippen molar-refractivity contribution in [1.29, 1.82) is 0 Å². The predicted octanol–water partition coefficient (Wildman–Crippen LogP) is 15.1. The van der Waals surface area contributed by atoms with Gasteiger partial charge in [-0.1, -0.05) is 0 Å². The van der Waals surface area contributed by atoms with Gasteiger partial charge in [-0.25, -0.2) is 0 Å². The van der Waals surface area contributed by atoms with E-state index in [4.69, 9.17) is 0 Å². The Morgan fingerprint density at radius 1 is 0.346 bits per heavy atom. The van der Waals surface area contributed by atoms with Crippen LogP contribution >= 0.6 is 0 Å². The van der Waals surface area contributed by atoms with Crippen LogP contribution < -0.4 is 35.9 Å². The summed E-state index contributed by atoms with van der Waals surface area (Å²) in [6.07, 6.45) is 13.1. The van der Waals surface area contributed by atoms with Crippen LogP contribution in [0.4, 0.5) is 0 Å². The molecule has 0 aliphatic heterocycles. The van der Waals surface area contributed by atoms with Gasteiger partial charge in [0.25, 0.3) is 0 Å². The van der Waals surface area contributed by atoms with E-state index < -0.39 is 53.1 Å². The summed E-state index contributed by atoms with van der Waals surface area (Å²) in [5.74, 6) is 30.3. The molecule has 0 saturated carbocycles. The fraction of sp³-hybridized carbons (Fsp3) is 0.397. The van der Waals surface area contributed by atoms with E-state index in [1.165, 1.54) is 91.3 Å². The van der Waals surface area contributed by atoms with Crippen molar-refractivity contribution in [3.05, 3.63) is 191 Å². The molecule has 0 radical (unpaired) electrons. The van der Waals surface area contributed by atoms with Gasteiger partial charge in [0, 0.05) is 0 Å². The third kappa shape index (κ3) is 17.6. The predicted molar refractivity (Wildman–Crippen MR) is 365 cm³/mol. The maximum absolute atomic E-state index is 2.49. The molecule has 81 heavy (non-hydrogen) atoms. The van der Waals surface area contributed by atoms with Gasteiger partial charge in [0.2, 0.25) is 0 Å². The first-order chi connectivity index (χ1) is 37.7. The minimum absolute atomic E-state index is 0.578. The molecule has 8 rings (SSSR count). The first kappa shape index (κ1) is 67.4. The fourth-order valence-corrected chi connectivity index (χ4v) is 26.4. The van der Waals surface area contributed by atoms with Crippen LogP contribution in [0.25, 0.3) is 45.0 Å². The van der Waals surface area contributed by atoms with E-state index in [1.54, 1.807) is 28.7 Å². The van der Waals surface area contributed by atoms with Crippen LogP contribution in [0.2, 0.25) is 69.1 Å². The molecule has 8 heteroatoms. The quantitative estimate of drug-likeness (QED) is 0.0856. The first-order valence-corrected chi connectivity index (χ1v) is 59.4. The summed E-state index contributed by atoms with van der Waals surface area (Å²) in [7, 11) is 8.72. The van der Waals surface area contributed by atoms with Crippen molar-refractivity contribution in [3.63, 3.8) is 0 Å². The molecule has 0 N–H and O–H groups in total. The topological polar surface area (TPSA) is 15.5 Å². The Morgan fingerprint density at radius 2 is 0.630 bits per heavy atom. The van der Waals surface area contributed by atoms with Crippen LogP contribution in [0, 0.1) is 34.6 Å². The SMILES string of the molecule is CCCc1cc(-c2ccccc2C)[n+](C)c[c]1[Ge]([CH3])([CH3])[CH3].CCc1cc(-c2ccccc2C)[n+](C)c[c]1[Ge]([CH3])([CH3])[CH3].Cc1ccccc1-c1cc(C(C)C)[c]([Ge]([CH3])([CH3])[CH3])c[n+]1C.Cc1ccccc1-c1cc(C)[c]([Ge]([CH3])([CH3])[CH3])c[n+]1C. The van der Waals surface area contributed by atoms with Crippen LogP contribution in [-0.4, -0.2) is 53.1 Å². The van der Waals surface area contributed by atoms with Crippen molar-refractivity contribution in [2.24, 2.45) is 28.2 Å². The number of nitrogens with zero attached hydrogens (tertiary/aromatic N) is 4. The summed E-state index contributed by atoms with van der Waals surface area (Å²) in [6, 6.07) is 44.3. The Morgan fingerprint density at radius 3 is 0.938 bits per heavy atom. The van der Waals surface area contributed by atoms with Crippen LogP contribution in [-0.2, 0) is 41.0 Å². The molecule has 0 atom stereocenters. The average molecular weight is 1330 g/mol. The molecule has 0 fully saturated rings. The molecule has 4 aromatic carbocycles. The summed E-state index contributed by atoms with van der Waals surface area (Å²) in [4.78, 5) is 0. The molecule has 0 unspecified atom stereocenters. The minimum atomic E-state index is -1.85. The average Bonchev–Trinajstić information content (AvgIpc) is 3.37. The molecule has 0 saturated heterocycles. The van der Waals surface area contributed by atoms with Gasteiger partial charge in [0.15, 0.2) is 0 Å². The number of pyridine rings is 4. The van der Waals surface area contributed by atoms with Crippen LogP contribution in [0.1, 0.15) is 84.5 Å². The monoisotopic (exact) mass is 1330 g/mol. The van der Waals surface area contributed by atoms with E-state index in [-0.39, 0.29) is 0 Å². The zero-order valence-corrected chi connectivity index (χ0v) is 63.7. The molecule has 0 aliphatic carbocycles. The second-order valence-electron chi connectivity index (χ2n) is 27.4. The molecule has 430 valence electrons. The number of rotatable bonds is 12. The maximum atomic E-state index is 2.49. The summed E-state index contributed by atoms with van der Waals surface area (Å²) < 4.78 is 15.8. The second-order valence-corrected chi connectivity index (χ2v) is 69.7. The summed E-state index contributed by atoms with van der Waals surface area (Å²) in [5.41, 5.74) is 22.1. The molecular weight excluding hydrogens is 1220 g/mol. The first-order valence-electron chi connectivity index (χ1n) is 30.1. The van der Waals surface area contributed by atoms with E-state index >= 15 is 0 Å². The molecule has 0 bridgehead atoms.